The van der Waals surface area contributed by atoms with Crippen LogP contribution in [0.1, 0.15) is 13.8 Å². The zero-order chi connectivity index (χ0) is 13.0. The molecule has 0 aromatic heterocycles. The topological polar surface area (TPSA) is 47.9 Å². The van der Waals surface area contributed by atoms with Crippen LogP contribution in [0.4, 0.5) is 17.6 Å². The predicted octanol–water partition coefficient (Wildman–Crippen LogP) is 2.42. The van der Waals surface area contributed by atoms with Crippen LogP contribution in [0.3, 0.4) is 0 Å². The first-order valence-corrected chi connectivity index (χ1v) is 4.32. The summed E-state index contributed by atoms with van der Waals surface area (Å²) in [6.07, 6.45) is -3.86. The lowest BCUT2D eigenvalue weighted by Gasteiger charge is -2.35. The number of nitrogens with zero attached hydrogens (tertiary/aromatic N) is 1. The smallest absolute Gasteiger partial charge is 0.376 e. The third-order valence-corrected chi connectivity index (χ3v) is 1.86. The van der Waals surface area contributed by atoms with Crippen molar-refractivity contribution in [1.29, 1.82) is 0 Å². The van der Waals surface area contributed by atoms with E-state index < -0.39 is 30.8 Å². The van der Waals surface area contributed by atoms with Crippen molar-refractivity contribution in [2.75, 3.05) is 20.3 Å². The van der Waals surface area contributed by atoms with Crippen LogP contribution in [0.2, 0.25) is 0 Å². The van der Waals surface area contributed by atoms with E-state index in [1.165, 1.54) is 0 Å². The van der Waals surface area contributed by atoms with E-state index >= 15 is 0 Å². The molecule has 0 rings (SSSR count). The monoisotopic (exact) mass is 247 g/mol. The van der Waals surface area contributed by atoms with Crippen LogP contribution in [0.15, 0.2) is 5.18 Å². The Kier molecular flexibility index (Phi) is 4.81. The molecule has 0 aliphatic rings. The number of hydrogen-bond acceptors (Lipinski definition) is 4. The maximum Gasteiger partial charge on any atom is 0.379 e. The van der Waals surface area contributed by atoms with E-state index in [1.807, 2.05) is 5.18 Å². The molecular weight excluding hydrogens is 234 g/mol. The Hall–Kier alpha value is -0.760. The lowest BCUT2D eigenvalue weighted by molar-refractivity contribution is -0.341. The van der Waals surface area contributed by atoms with Crippen molar-refractivity contribution in [2.45, 2.75) is 31.5 Å². The second-order valence-electron chi connectivity index (χ2n) is 3.67. The van der Waals surface area contributed by atoms with E-state index in [0.29, 0.717) is 0 Å². The molecule has 0 amide bonds. The maximum absolute atomic E-state index is 13.2. The van der Waals surface area contributed by atoms with Gasteiger partial charge in [0.05, 0.1) is 0 Å². The first kappa shape index (κ1) is 15.2. The molecule has 0 atom stereocenters. The predicted molar refractivity (Wildman–Crippen MR) is 47.6 cm³/mol. The fourth-order valence-electron chi connectivity index (χ4n) is 0.917. The third-order valence-electron chi connectivity index (χ3n) is 1.86. The van der Waals surface area contributed by atoms with Crippen LogP contribution >= 0.6 is 0 Å². The Bertz CT molecular complexity index is 245. The number of nitroso groups, excluding NO2 is 1. The van der Waals surface area contributed by atoms with Gasteiger partial charge in [0.15, 0.2) is 0 Å². The summed E-state index contributed by atoms with van der Waals surface area (Å²) in [5.74, 6) is -3.79. The van der Waals surface area contributed by atoms with Gasteiger partial charge < -0.3 is 9.47 Å². The Labute approximate surface area is 89.9 Å². The lowest BCUT2D eigenvalue weighted by Crippen LogP contribution is -2.52. The van der Waals surface area contributed by atoms with E-state index in [9.17, 15) is 22.5 Å². The molecule has 8 heteroatoms. The average Bonchev–Trinajstić information content (AvgIpc) is 2.00. The molecule has 0 aliphatic heterocycles. The highest BCUT2D eigenvalue weighted by atomic mass is 19.3. The first-order chi connectivity index (χ1) is 7.08. The largest absolute Gasteiger partial charge is 0.379 e. The summed E-state index contributed by atoms with van der Waals surface area (Å²) in [4.78, 5) is 9.76. The van der Waals surface area contributed by atoms with E-state index in [4.69, 9.17) is 0 Å². The quantitative estimate of drug-likeness (QED) is 0.512. The van der Waals surface area contributed by atoms with E-state index in [0.717, 1.165) is 21.0 Å². The number of rotatable bonds is 7. The van der Waals surface area contributed by atoms with Crippen LogP contribution in [0, 0.1) is 4.91 Å². The summed E-state index contributed by atoms with van der Waals surface area (Å²) >= 11 is 0. The Morgan fingerprint density at radius 2 is 1.69 bits per heavy atom. The van der Waals surface area contributed by atoms with Crippen molar-refractivity contribution in [3.63, 3.8) is 0 Å². The van der Waals surface area contributed by atoms with Gasteiger partial charge in [0.2, 0.25) is 0 Å². The molecule has 0 aromatic rings. The van der Waals surface area contributed by atoms with Gasteiger partial charge in [-0.05, 0) is 13.8 Å². The normalized spacial score (nSPS) is 13.9. The van der Waals surface area contributed by atoms with Gasteiger partial charge in [-0.15, -0.1) is 0 Å². The van der Waals surface area contributed by atoms with Crippen LogP contribution in [-0.4, -0.2) is 37.9 Å². The molecule has 16 heavy (non-hydrogen) atoms. The van der Waals surface area contributed by atoms with Crippen molar-refractivity contribution in [2.24, 2.45) is 5.18 Å². The number of hydrogen-bond donors (Lipinski definition) is 0. The van der Waals surface area contributed by atoms with Gasteiger partial charge in [-0.3, -0.25) is 0 Å². The average molecular weight is 247 g/mol. The molecule has 0 unspecified atom stereocenters. The van der Waals surface area contributed by atoms with Crippen molar-refractivity contribution in [1.82, 2.24) is 0 Å². The molecule has 0 spiro atoms. The number of methoxy groups -OCH3 is 1. The molecule has 0 aliphatic carbocycles. The van der Waals surface area contributed by atoms with Gasteiger partial charge in [-0.1, -0.05) is 5.18 Å². The molecule has 0 radical (unpaired) electrons. The fraction of sp³-hybridized carbons (Fsp3) is 1.00. The third kappa shape index (κ3) is 4.01. The number of halogens is 4. The van der Waals surface area contributed by atoms with Crippen molar-refractivity contribution in [3.05, 3.63) is 4.91 Å². The highest BCUT2D eigenvalue weighted by Crippen LogP contribution is 2.36. The molecule has 0 heterocycles. The summed E-state index contributed by atoms with van der Waals surface area (Å²) < 4.78 is 60.3. The van der Waals surface area contributed by atoms with Gasteiger partial charge in [0, 0.05) is 7.11 Å². The van der Waals surface area contributed by atoms with Crippen molar-refractivity contribution in [3.8, 4) is 0 Å². The zero-order valence-electron chi connectivity index (χ0n) is 9.10. The SMILES string of the molecule is COCC(F)(F)OC(C)(C)C(F)(F)CN=O. The van der Waals surface area contributed by atoms with Crippen LogP contribution in [-0.2, 0) is 9.47 Å². The highest BCUT2D eigenvalue weighted by molar-refractivity contribution is 4.89. The zero-order valence-corrected chi connectivity index (χ0v) is 9.10. The first-order valence-electron chi connectivity index (χ1n) is 4.32. The van der Waals surface area contributed by atoms with Gasteiger partial charge in [0.25, 0.3) is 5.92 Å². The maximum atomic E-state index is 13.2. The van der Waals surface area contributed by atoms with E-state index in [1.54, 1.807) is 0 Å². The Balaban J connectivity index is 4.72. The van der Waals surface area contributed by atoms with Crippen LogP contribution in [0.25, 0.3) is 0 Å². The fourth-order valence-corrected chi connectivity index (χ4v) is 0.917. The van der Waals surface area contributed by atoms with Gasteiger partial charge in [0.1, 0.15) is 18.8 Å². The van der Waals surface area contributed by atoms with Crippen LogP contribution in [0.5, 0.6) is 0 Å². The van der Waals surface area contributed by atoms with Gasteiger partial charge >= 0.3 is 6.11 Å². The molecule has 4 nitrogen and oxygen atoms in total. The van der Waals surface area contributed by atoms with Gasteiger partial charge in [-0.2, -0.15) is 13.7 Å². The van der Waals surface area contributed by atoms with Crippen molar-refractivity contribution < 1.29 is 27.0 Å². The Morgan fingerprint density at radius 3 is 2.06 bits per heavy atom. The highest BCUT2D eigenvalue weighted by Gasteiger charge is 2.53. The molecular formula is C8H13F4NO3. The molecule has 0 aromatic carbocycles. The summed E-state index contributed by atoms with van der Waals surface area (Å²) in [5, 5.41) is 1.99. The van der Waals surface area contributed by atoms with Crippen LogP contribution < -0.4 is 0 Å². The minimum Gasteiger partial charge on any atom is -0.376 e. The number of alkyl halides is 4. The second-order valence-corrected chi connectivity index (χ2v) is 3.67. The molecule has 0 saturated heterocycles. The molecule has 0 N–H and O–H groups in total. The minimum absolute atomic E-state index is 0.752. The van der Waals surface area contributed by atoms with Gasteiger partial charge in [-0.25, -0.2) is 8.78 Å². The summed E-state index contributed by atoms with van der Waals surface area (Å²) in [7, 11) is 0.982. The molecule has 0 bridgehead atoms. The number of ether oxygens (including phenoxy) is 2. The second kappa shape index (κ2) is 5.05. The molecule has 96 valence electrons. The van der Waals surface area contributed by atoms with E-state index in [-0.39, 0.29) is 0 Å². The summed E-state index contributed by atoms with van der Waals surface area (Å²) in [5.41, 5.74) is -2.52. The standard InChI is InChI=1S/C8H13F4NO3/c1-6(2,7(9,10)4-13-14)16-8(11,12)5-15-3/h4-5H2,1-3H3. The molecule has 0 saturated carbocycles. The van der Waals surface area contributed by atoms with E-state index in [2.05, 4.69) is 9.47 Å². The summed E-state index contributed by atoms with van der Waals surface area (Å²) in [6.45, 7) is -1.08. The van der Waals surface area contributed by atoms with Crippen molar-refractivity contribution >= 4 is 0 Å². The Morgan fingerprint density at radius 1 is 1.19 bits per heavy atom. The summed E-state index contributed by atoms with van der Waals surface area (Å²) in [6, 6.07) is 0. The lowest BCUT2D eigenvalue weighted by atomic mass is 10.0. The molecule has 0 fully saturated rings. The minimum atomic E-state index is -3.86.